The number of carbonyl (C=O) groups excluding carboxylic acids is 1. The second kappa shape index (κ2) is 9.54. The largest absolute Gasteiger partial charge is 0.355 e. The van der Waals surface area contributed by atoms with Gasteiger partial charge in [-0.2, -0.15) is 0 Å². The van der Waals surface area contributed by atoms with Crippen LogP contribution in [-0.2, 0) is 4.79 Å². The lowest BCUT2D eigenvalue weighted by atomic mass is 9.99. The molecule has 0 aliphatic heterocycles. The van der Waals surface area contributed by atoms with E-state index >= 15 is 0 Å². The lowest BCUT2D eigenvalue weighted by Gasteiger charge is -2.23. The van der Waals surface area contributed by atoms with E-state index in [0.29, 0.717) is 6.54 Å². The van der Waals surface area contributed by atoms with Crippen molar-refractivity contribution in [2.24, 2.45) is 0 Å². The van der Waals surface area contributed by atoms with Gasteiger partial charge in [0.25, 0.3) is 0 Å². The highest BCUT2D eigenvalue weighted by Crippen LogP contribution is 2.20. The van der Waals surface area contributed by atoms with Crippen LogP contribution >= 0.6 is 0 Å². The number of nitrogens with one attached hydrogen (secondary N) is 2. The third-order valence-corrected chi connectivity index (χ3v) is 3.49. The Morgan fingerprint density at radius 2 is 1.85 bits per heavy atom. The zero-order chi connectivity index (χ0) is 14.8. The molecule has 2 unspecified atom stereocenters. The Hall–Kier alpha value is -1.35. The van der Waals surface area contributed by atoms with Crippen molar-refractivity contribution in [3.8, 4) is 0 Å². The Kier molecular flexibility index (Phi) is 7.97. The monoisotopic (exact) mass is 276 g/mol. The molecule has 0 saturated carbocycles. The van der Waals surface area contributed by atoms with Gasteiger partial charge in [0.05, 0.1) is 6.04 Å². The van der Waals surface area contributed by atoms with Crippen LogP contribution in [0.5, 0.6) is 0 Å². The molecule has 0 radical (unpaired) electrons. The molecule has 0 aliphatic rings. The maximum Gasteiger partial charge on any atom is 0.236 e. The minimum absolute atomic E-state index is 0.0731. The van der Waals surface area contributed by atoms with Crippen molar-refractivity contribution in [1.82, 2.24) is 10.6 Å². The Balaban J connectivity index is 2.65. The number of benzene rings is 1. The van der Waals surface area contributed by atoms with E-state index in [1.807, 2.05) is 19.9 Å². The molecule has 1 amide bonds. The summed E-state index contributed by atoms with van der Waals surface area (Å²) in [5, 5.41) is 6.33. The summed E-state index contributed by atoms with van der Waals surface area (Å²) in [5.74, 6) is 0.0731. The van der Waals surface area contributed by atoms with Crippen LogP contribution in [0.15, 0.2) is 30.3 Å². The maximum absolute atomic E-state index is 11.9. The van der Waals surface area contributed by atoms with Crippen molar-refractivity contribution in [2.75, 3.05) is 6.54 Å². The summed E-state index contributed by atoms with van der Waals surface area (Å²) in [6.07, 6.45) is 4.71. The molecule has 3 heteroatoms. The molecule has 2 N–H and O–H groups in total. The van der Waals surface area contributed by atoms with Gasteiger partial charge in [0.1, 0.15) is 0 Å². The number of amides is 1. The van der Waals surface area contributed by atoms with Gasteiger partial charge in [-0.3, -0.25) is 10.1 Å². The fraction of sp³-hybridized carbons (Fsp3) is 0.588. The maximum atomic E-state index is 11.9. The Morgan fingerprint density at radius 3 is 2.45 bits per heavy atom. The van der Waals surface area contributed by atoms with Crippen LogP contribution in [-0.4, -0.2) is 18.5 Å². The Morgan fingerprint density at radius 1 is 1.15 bits per heavy atom. The highest BCUT2D eigenvalue weighted by atomic mass is 16.2. The van der Waals surface area contributed by atoms with E-state index in [-0.39, 0.29) is 18.0 Å². The smallest absolute Gasteiger partial charge is 0.236 e. The van der Waals surface area contributed by atoms with Gasteiger partial charge in [-0.05, 0) is 25.8 Å². The average molecular weight is 276 g/mol. The van der Waals surface area contributed by atoms with Crippen molar-refractivity contribution in [2.45, 2.75) is 58.5 Å². The molecule has 112 valence electrons. The van der Waals surface area contributed by atoms with Gasteiger partial charge in [0.2, 0.25) is 5.91 Å². The summed E-state index contributed by atoms with van der Waals surface area (Å²) in [6.45, 7) is 6.76. The first-order valence-electron chi connectivity index (χ1n) is 7.77. The third-order valence-electron chi connectivity index (χ3n) is 3.49. The summed E-state index contributed by atoms with van der Waals surface area (Å²) in [5.41, 5.74) is 1.26. The van der Waals surface area contributed by atoms with Crippen molar-refractivity contribution >= 4 is 5.91 Å². The first-order valence-corrected chi connectivity index (χ1v) is 7.77. The van der Waals surface area contributed by atoms with Crippen LogP contribution in [0, 0.1) is 0 Å². The predicted octanol–water partition coefficient (Wildman–Crippen LogP) is 3.42. The molecule has 2 atom stereocenters. The van der Waals surface area contributed by atoms with Crippen molar-refractivity contribution in [3.05, 3.63) is 35.9 Å². The molecule has 1 aromatic rings. The van der Waals surface area contributed by atoms with Crippen LogP contribution in [0.4, 0.5) is 0 Å². The molecule has 0 aliphatic carbocycles. The van der Waals surface area contributed by atoms with Crippen LogP contribution in [0.3, 0.4) is 0 Å². The molecular weight excluding hydrogens is 248 g/mol. The number of rotatable bonds is 9. The lowest BCUT2D eigenvalue weighted by Crippen LogP contribution is -2.43. The number of unbranched alkanes of at least 4 members (excludes halogenated alkanes) is 2. The molecule has 0 spiro atoms. The highest BCUT2D eigenvalue weighted by Gasteiger charge is 2.18. The number of carbonyl (C=O) groups is 1. The zero-order valence-corrected chi connectivity index (χ0v) is 13.0. The van der Waals surface area contributed by atoms with Gasteiger partial charge < -0.3 is 5.32 Å². The SMILES string of the molecule is CCCCCC(NC(C)C(=O)NCC)c1ccccc1. The topological polar surface area (TPSA) is 41.1 Å². The zero-order valence-electron chi connectivity index (χ0n) is 13.0. The van der Waals surface area contributed by atoms with E-state index in [2.05, 4.69) is 41.8 Å². The quantitative estimate of drug-likeness (QED) is 0.679. The van der Waals surface area contributed by atoms with Gasteiger partial charge in [-0.15, -0.1) is 0 Å². The van der Waals surface area contributed by atoms with Gasteiger partial charge in [0.15, 0.2) is 0 Å². The molecule has 0 aromatic heterocycles. The minimum atomic E-state index is -0.165. The molecule has 1 rings (SSSR count). The van der Waals surface area contributed by atoms with E-state index in [1.165, 1.54) is 24.8 Å². The van der Waals surface area contributed by atoms with Gasteiger partial charge >= 0.3 is 0 Å². The fourth-order valence-corrected chi connectivity index (χ4v) is 2.33. The number of hydrogen-bond donors (Lipinski definition) is 2. The second-order valence-corrected chi connectivity index (χ2v) is 5.24. The van der Waals surface area contributed by atoms with Gasteiger partial charge in [0, 0.05) is 12.6 Å². The summed E-state index contributed by atoms with van der Waals surface area (Å²) in [6, 6.07) is 10.5. The molecule has 0 heterocycles. The molecule has 1 aromatic carbocycles. The standard InChI is InChI=1S/C17H28N2O/c1-4-6-8-13-16(15-11-9-7-10-12-15)19-14(3)17(20)18-5-2/h7,9-12,14,16,19H,4-6,8,13H2,1-3H3,(H,18,20). The van der Waals surface area contributed by atoms with Crippen molar-refractivity contribution < 1.29 is 4.79 Å². The number of likely N-dealkylation sites (N-methyl/N-ethyl adjacent to an activating group) is 1. The van der Waals surface area contributed by atoms with Gasteiger partial charge in [-0.25, -0.2) is 0 Å². The molecular formula is C17H28N2O. The molecule has 20 heavy (non-hydrogen) atoms. The van der Waals surface area contributed by atoms with E-state index in [4.69, 9.17) is 0 Å². The molecule has 3 nitrogen and oxygen atoms in total. The summed E-state index contributed by atoms with van der Waals surface area (Å²) >= 11 is 0. The fourth-order valence-electron chi connectivity index (χ4n) is 2.33. The first kappa shape index (κ1) is 16.7. The van der Waals surface area contributed by atoms with Crippen molar-refractivity contribution in [3.63, 3.8) is 0 Å². The predicted molar refractivity (Wildman–Crippen MR) is 84.6 cm³/mol. The average Bonchev–Trinajstić information content (AvgIpc) is 2.47. The van der Waals surface area contributed by atoms with Crippen LogP contribution in [0.2, 0.25) is 0 Å². The molecule has 0 bridgehead atoms. The number of hydrogen-bond acceptors (Lipinski definition) is 2. The molecule has 0 saturated heterocycles. The van der Waals surface area contributed by atoms with E-state index in [0.717, 1.165) is 6.42 Å². The lowest BCUT2D eigenvalue weighted by molar-refractivity contribution is -0.122. The Bertz CT molecular complexity index is 378. The van der Waals surface area contributed by atoms with Crippen LogP contribution < -0.4 is 10.6 Å². The summed E-state index contributed by atoms with van der Waals surface area (Å²) in [7, 11) is 0. The minimum Gasteiger partial charge on any atom is -0.355 e. The molecule has 0 fully saturated rings. The van der Waals surface area contributed by atoms with Crippen LogP contribution in [0.1, 0.15) is 58.1 Å². The van der Waals surface area contributed by atoms with E-state index in [9.17, 15) is 4.79 Å². The van der Waals surface area contributed by atoms with E-state index < -0.39 is 0 Å². The normalized spacial score (nSPS) is 13.8. The highest BCUT2D eigenvalue weighted by molar-refractivity contribution is 5.81. The third kappa shape index (κ3) is 5.74. The van der Waals surface area contributed by atoms with Gasteiger partial charge in [-0.1, -0.05) is 56.5 Å². The van der Waals surface area contributed by atoms with E-state index in [1.54, 1.807) is 0 Å². The first-order chi connectivity index (χ1) is 9.69. The van der Waals surface area contributed by atoms with Crippen molar-refractivity contribution in [1.29, 1.82) is 0 Å². The Labute approximate surface area is 123 Å². The van der Waals surface area contributed by atoms with Crippen LogP contribution in [0.25, 0.3) is 0 Å². The second-order valence-electron chi connectivity index (χ2n) is 5.24. The summed E-state index contributed by atoms with van der Waals surface area (Å²) < 4.78 is 0. The summed E-state index contributed by atoms with van der Waals surface area (Å²) in [4.78, 5) is 11.9.